The maximum absolute atomic E-state index is 13.8. The van der Waals surface area contributed by atoms with Crippen LogP contribution >= 0.6 is 0 Å². The Kier molecular flexibility index (Phi) is 3.58. The van der Waals surface area contributed by atoms with Crippen molar-refractivity contribution in [1.29, 1.82) is 0 Å². The molecule has 2 nitrogen and oxygen atoms in total. The molecule has 18 heavy (non-hydrogen) atoms. The summed E-state index contributed by atoms with van der Waals surface area (Å²) in [7, 11) is 1.42. The molecule has 94 valence electrons. The van der Waals surface area contributed by atoms with Crippen LogP contribution in [0.5, 0.6) is 5.75 Å². The minimum absolute atomic E-state index is 0.157. The molecule has 0 heterocycles. The topological polar surface area (TPSA) is 35.2 Å². The van der Waals surface area contributed by atoms with E-state index in [4.69, 9.17) is 10.5 Å². The molecule has 0 radical (unpaired) electrons. The lowest BCUT2D eigenvalue weighted by Gasteiger charge is -2.17. The van der Waals surface area contributed by atoms with E-state index in [1.165, 1.54) is 31.4 Å². The van der Waals surface area contributed by atoms with Crippen molar-refractivity contribution in [1.82, 2.24) is 0 Å². The fraction of sp³-hybridized carbons (Fsp3) is 0.143. The number of halogens is 2. The van der Waals surface area contributed by atoms with Gasteiger partial charge in [0.2, 0.25) is 0 Å². The van der Waals surface area contributed by atoms with Crippen LogP contribution in [0.3, 0.4) is 0 Å². The Hall–Kier alpha value is -1.94. The lowest BCUT2D eigenvalue weighted by atomic mass is 9.98. The average Bonchev–Trinajstić information content (AvgIpc) is 2.38. The molecule has 1 atom stereocenters. The fourth-order valence-corrected chi connectivity index (χ4v) is 1.88. The van der Waals surface area contributed by atoms with Crippen molar-refractivity contribution in [3.63, 3.8) is 0 Å². The van der Waals surface area contributed by atoms with Gasteiger partial charge in [0.15, 0.2) is 0 Å². The largest absolute Gasteiger partial charge is 0.496 e. The van der Waals surface area contributed by atoms with Gasteiger partial charge in [0, 0.05) is 5.56 Å². The minimum atomic E-state index is -0.901. The van der Waals surface area contributed by atoms with Crippen LogP contribution in [0.1, 0.15) is 17.2 Å². The Balaban J connectivity index is 2.52. The number of hydrogen-bond acceptors (Lipinski definition) is 2. The molecule has 0 bridgehead atoms. The SMILES string of the molecule is COc1cccc(F)c1C(N)c1ccccc1F. The number of nitrogens with two attached hydrogens (primary N) is 1. The molecule has 2 aromatic rings. The third-order valence-corrected chi connectivity index (χ3v) is 2.78. The van der Waals surface area contributed by atoms with Crippen molar-refractivity contribution < 1.29 is 13.5 Å². The summed E-state index contributed by atoms with van der Waals surface area (Å²) in [5.41, 5.74) is 6.33. The predicted octanol–water partition coefficient (Wildman–Crippen LogP) is 3.02. The van der Waals surface area contributed by atoms with E-state index >= 15 is 0 Å². The Bertz CT molecular complexity index is 557. The molecular weight excluding hydrogens is 236 g/mol. The third-order valence-electron chi connectivity index (χ3n) is 2.78. The Morgan fingerprint density at radius 1 is 1.00 bits per heavy atom. The van der Waals surface area contributed by atoms with Gasteiger partial charge in [-0.15, -0.1) is 0 Å². The average molecular weight is 249 g/mol. The highest BCUT2D eigenvalue weighted by atomic mass is 19.1. The molecular formula is C14H13F2NO. The number of methoxy groups -OCH3 is 1. The second-order valence-electron chi connectivity index (χ2n) is 3.85. The summed E-state index contributed by atoms with van der Waals surface area (Å²) in [4.78, 5) is 0. The first-order chi connectivity index (χ1) is 8.65. The summed E-state index contributed by atoms with van der Waals surface area (Å²) in [6.45, 7) is 0. The first-order valence-corrected chi connectivity index (χ1v) is 5.47. The van der Waals surface area contributed by atoms with Gasteiger partial charge in [0.1, 0.15) is 17.4 Å². The monoisotopic (exact) mass is 249 g/mol. The first-order valence-electron chi connectivity index (χ1n) is 5.47. The van der Waals surface area contributed by atoms with E-state index in [2.05, 4.69) is 0 Å². The molecule has 4 heteroatoms. The van der Waals surface area contributed by atoms with Gasteiger partial charge in [-0.1, -0.05) is 24.3 Å². The van der Waals surface area contributed by atoms with E-state index < -0.39 is 17.7 Å². The lowest BCUT2D eigenvalue weighted by Crippen LogP contribution is -2.16. The second-order valence-corrected chi connectivity index (χ2v) is 3.85. The number of hydrogen-bond donors (Lipinski definition) is 1. The van der Waals surface area contributed by atoms with E-state index in [1.807, 2.05) is 0 Å². The standard InChI is InChI=1S/C14H13F2NO/c1-18-12-8-4-7-11(16)13(12)14(17)9-5-2-3-6-10(9)15/h2-8,14H,17H2,1H3. The van der Waals surface area contributed by atoms with E-state index in [1.54, 1.807) is 18.2 Å². The predicted molar refractivity (Wildman–Crippen MR) is 65.4 cm³/mol. The molecule has 0 amide bonds. The van der Waals surface area contributed by atoms with Crippen molar-refractivity contribution in [2.45, 2.75) is 6.04 Å². The minimum Gasteiger partial charge on any atom is -0.496 e. The van der Waals surface area contributed by atoms with Crippen LogP contribution in [0, 0.1) is 11.6 Å². The normalized spacial score (nSPS) is 12.2. The van der Waals surface area contributed by atoms with Gasteiger partial charge in [-0.05, 0) is 18.2 Å². The number of benzene rings is 2. The molecule has 0 aromatic heterocycles. The van der Waals surface area contributed by atoms with Gasteiger partial charge in [-0.2, -0.15) is 0 Å². The maximum Gasteiger partial charge on any atom is 0.132 e. The highest BCUT2D eigenvalue weighted by Crippen LogP contribution is 2.31. The van der Waals surface area contributed by atoms with Crippen LogP contribution in [-0.2, 0) is 0 Å². The molecule has 0 aliphatic carbocycles. The highest BCUT2D eigenvalue weighted by molar-refractivity contribution is 5.42. The Morgan fingerprint density at radius 3 is 2.33 bits per heavy atom. The molecule has 1 unspecified atom stereocenters. The molecule has 2 rings (SSSR count). The van der Waals surface area contributed by atoms with Gasteiger partial charge in [-0.3, -0.25) is 0 Å². The fourth-order valence-electron chi connectivity index (χ4n) is 1.88. The number of ether oxygens (including phenoxy) is 1. The third kappa shape index (κ3) is 2.19. The van der Waals surface area contributed by atoms with Gasteiger partial charge < -0.3 is 10.5 Å². The van der Waals surface area contributed by atoms with Crippen LogP contribution in [0.4, 0.5) is 8.78 Å². The van der Waals surface area contributed by atoms with E-state index in [9.17, 15) is 8.78 Å². The molecule has 0 aliphatic rings. The van der Waals surface area contributed by atoms with Crippen molar-refractivity contribution in [2.24, 2.45) is 5.73 Å². The van der Waals surface area contributed by atoms with E-state index in [-0.39, 0.29) is 11.1 Å². The van der Waals surface area contributed by atoms with Crippen molar-refractivity contribution in [2.75, 3.05) is 7.11 Å². The molecule has 0 saturated carbocycles. The molecule has 0 aliphatic heterocycles. The van der Waals surface area contributed by atoms with Crippen LogP contribution in [0.15, 0.2) is 42.5 Å². The van der Waals surface area contributed by atoms with Gasteiger partial charge >= 0.3 is 0 Å². The van der Waals surface area contributed by atoms with Crippen molar-refractivity contribution in [3.8, 4) is 5.75 Å². The second kappa shape index (κ2) is 5.14. The summed E-state index contributed by atoms with van der Waals surface area (Å²) < 4.78 is 32.5. The Labute approximate surface area is 104 Å². The van der Waals surface area contributed by atoms with Gasteiger partial charge in [0.05, 0.1) is 18.7 Å². The molecule has 2 aromatic carbocycles. The van der Waals surface area contributed by atoms with E-state index in [0.717, 1.165) is 0 Å². The lowest BCUT2D eigenvalue weighted by molar-refractivity contribution is 0.401. The molecule has 0 spiro atoms. The summed E-state index contributed by atoms with van der Waals surface area (Å²) in [6, 6.07) is 9.54. The zero-order valence-corrected chi connectivity index (χ0v) is 9.86. The van der Waals surface area contributed by atoms with Crippen LogP contribution in [-0.4, -0.2) is 7.11 Å². The highest BCUT2D eigenvalue weighted by Gasteiger charge is 2.20. The smallest absolute Gasteiger partial charge is 0.132 e. The van der Waals surface area contributed by atoms with Gasteiger partial charge in [0.25, 0.3) is 0 Å². The summed E-state index contributed by atoms with van der Waals surface area (Å²) in [5.74, 6) is -0.661. The zero-order chi connectivity index (χ0) is 13.1. The van der Waals surface area contributed by atoms with Crippen molar-refractivity contribution in [3.05, 3.63) is 65.2 Å². The summed E-state index contributed by atoms with van der Waals surface area (Å²) in [6.07, 6.45) is 0. The molecule has 0 saturated heterocycles. The van der Waals surface area contributed by atoms with E-state index in [0.29, 0.717) is 5.75 Å². The number of rotatable bonds is 3. The maximum atomic E-state index is 13.8. The Morgan fingerprint density at radius 2 is 1.67 bits per heavy atom. The quantitative estimate of drug-likeness (QED) is 0.907. The zero-order valence-electron chi connectivity index (χ0n) is 9.86. The van der Waals surface area contributed by atoms with Crippen molar-refractivity contribution >= 4 is 0 Å². The van der Waals surface area contributed by atoms with Crippen LogP contribution in [0.2, 0.25) is 0 Å². The summed E-state index contributed by atoms with van der Waals surface area (Å²) >= 11 is 0. The van der Waals surface area contributed by atoms with Crippen LogP contribution < -0.4 is 10.5 Å². The molecule has 2 N–H and O–H groups in total. The van der Waals surface area contributed by atoms with Gasteiger partial charge in [-0.25, -0.2) is 8.78 Å². The first kappa shape index (κ1) is 12.5. The van der Waals surface area contributed by atoms with Crippen LogP contribution in [0.25, 0.3) is 0 Å². The summed E-state index contributed by atoms with van der Waals surface area (Å²) in [5, 5.41) is 0. The molecule has 0 fully saturated rings.